The first-order valence-electron chi connectivity index (χ1n) is 5.32. The Labute approximate surface area is 104 Å². The highest BCUT2D eigenvalue weighted by Gasteiger charge is 2.08. The second-order valence-corrected chi connectivity index (χ2v) is 3.72. The summed E-state index contributed by atoms with van der Waals surface area (Å²) in [7, 11) is 0. The van der Waals surface area contributed by atoms with Crippen LogP contribution in [-0.4, -0.2) is 16.1 Å². The number of carbonyl (C=O) groups excluding carboxylic acids is 1. The van der Waals surface area contributed by atoms with Crippen LogP contribution in [0.1, 0.15) is 16.1 Å². The lowest BCUT2D eigenvalue weighted by atomic mass is 10.2. The Balaban J connectivity index is 1.96. The van der Waals surface area contributed by atoms with Gasteiger partial charge in [-0.15, -0.1) is 0 Å². The summed E-state index contributed by atoms with van der Waals surface area (Å²) in [6, 6.07) is 9.52. The van der Waals surface area contributed by atoms with Crippen LogP contribution in [0.4, 0.5) is 5.69 Å². The number of hydrogen-bond acceptors (Lipinski definition) is 5. The quantitative estimate of drug-likeness (QED) is 0.803. The molecule has 0 saturated heterocycles. The second-order valence-electron chi connectivity index (χ2n) is 3.72. The molecule has 1 aromatic heterocycles. The second kappa shape index (κ2) is 5.18. The van der Waals surface area contributed by atoms with Crippen molar-refractivity contribution in [3.63, 3.8) is 0 Å². The number of phenols is 1. The number of pyridine rings is 1. The fourth-order valence-electron chi connectivity index (χ4n) is 1.34. The number of benzene rings is 1. The zero-order valence-corrected chi connectivity index (χ0v) is 9.54. The van der Waals surface area contributed by atoms with Crippen LogP contribution in [0.5, 0.6) is 5.75 Å². The minimum Gasteiger partial charge on any atom is -0.508 e. The summed E-state index contributed by atoms with van der Waals surface area (Å²) in [6.07, 6.45) is 1.40. The van der Waals surface area contributed by atoms with Crippen LogP contribution >= 0.6 is 0 Å². The minimum atomic E-state index is -0.511. The standard InChI is InChI=1S/C13H12N2O3/c14-10-3-6-12(15-7-10)13(17)18-8-9-1-4-11(16)5-2-9/h1-7,16H,8,14H2. The van der Waals surface area contributed by atoms with Gasteiger partial charge in [-0.1, -0.05) is 12.1 Å². The van der Waals surface area contributed by atoms with Crippen molar-refractivity contribution in [1.29, 1.82) is 0 Å². The maximum atomic E-state index is 11.6. The normalized spacial score (nSPS) is 10.0. The van der Waals surface area contributed by atoms with Crippen molar-refractivity contribution >= 4 is 11.7 Å². The molecule has 5 heteroatoms. The first-order chi connectivity index (χ1) is 8.65. The topological polar surface area (TPSA) is 85.4 Å². The molecule has 0 aliphatic carbocycles. The summed E-state index contributed by atoms with van der Waals surface area (Å²) in [4.78, 5) is 15.5. The third-order valence-corrected chi connectivity index (χ3v) is 2.30. The Morgan fingerprint density at radius 2 is 1.94 bits per heavy atom. The Kier molecular flexibility index (Phi) is 3.43. The number of ether oxygens (including phenoxy) is 1. The van der Waals surface area contributed by atoms with Gasteiger partial charge in [0, 0.05) is 0 Å². The molecule has 0 radical (unpaired) electrons. The predicted octanol–water partition coefficient (Wildman–Crippen LogP) is 1.73. The Morgan fingerprint density at radius 1 is 1.22 bits per heavy atom. The molecule has 0 aliphatic rings. The first kappa shape index (κ1) is 11.9. The highest BCUT2D eigenvalue weighted by atomic mass is 16.5. The summed E-state index contributed by atoms with van der Waals surface area (Å²) in [5, 5.41) is 9.11. The fraction of sp³-hybridized carbons (Fsp3) is 0.0769. The Hall–Kier alpha value is -2.56. The number of rotatable bonds is 3. The number of aromatic hydroxyl groups is 1. The van der Waals surface area contributed by atoms with E-state index in [2.05, 4.69) is 4.98 Å². The molecule has 0 unspecified atom stereocenters. The molecule has 3 N–H and O–H groups in total. The first-order valence-corrected chi connectivity index (χ1v) is 5.32. The van der Waals surface area contributed by atoms with Crippen LogP contribution in [0.15, 0.2) is 42.6 Å². The number of carbonyl (C=O) groups is 1. The lowest BCUT2D eigenvalue weighted by molar-refractivity contribution is 0.0466. The zero-order valence-electron chi connectivity index (χ0n) is 9.54. The molecular weight excluding hydrogens is 232 g/mol. The number of nitrogens with zero attached hydrogens (tertiary/aromatic N) is 1. The van der Waals surface area contributed by atoms with Gasteiger partial charge in [0.15, 0.2) is 0 Å². The van der Waals surface area contributed by atoms with Crippen molar-refractivity contribution in [2.75, 3.05) is 5.73 Å². The summed E-state index contributed by atoms with van der Waals surface area (Å²) in [5.74, 6) is -0.339. The summed E-state index contributed by atoms with van der Waals surface area (Å²) in [5.41, 5.74) is 6.96. The van der Waals surface area contributed by atoms with Gasteiger partial charge in [-0.25, -0.2) is 9.78 Å². The lowest BCUT2D eigenvalue weighted by Gasteiger charge is -2.04. The van der Waals surface area contributed by atoms with Crippen LogP contribution in [0.2, 0.25) is 0 Å². The Bertz CT molecular complexity index is 535. The van der Waals surface area contributed by atoms with E-state index in [0.717, 1.165) is 5.56 Å². The van der Waals surface area contributed by atoms with E-state index in [1.165, 1.54) is 24.4 Å². The van der Waals surface area contributed by atoms with Gasteiger partial charge in [0.25, 0.3) is 0 Å². The van der Waals surface area contributed by atoms with Crippen molar-refractivity contribution in [2.45, 2.75) is 6.61 Å². The van der Waals surface area contributed by atoms with Crippen LogP contribution in [0, 0.1) is 0 Å². The van der Waals surface area contributed by atoms with Gasteiger partial charge in [0.1, 0.15) is 18.1 Å². The number of esters is 1. The van der Waals surface area contributed by atoms with Crippen LogP contribution < -0.4 is 5.73 Å². The van der Waals surface area contributed by atoms with Crippen molar-refractivity contribution in [3.05, 3.63) is 53.9 Å². The molecule has 92 valence electrons. The van der Waals surface area contributed by atoms with E-state index in [-0.39, 0.29) is 18.1 Å². The number of anilines is 1. The smallest absolute Gasteiger partial charge is 0.357 e. The number of aromatic nitrogens is 1. The highest BCUT2D eigenvalue weighted by Crippen LogP contribution is 2.11. The van der Waals surface area contributed by atoms with Gasteiger partial charge in [-0.05, 0) is 29.8 Å². The van der Waals surface area contributed by atoms with Crippen molar-refractivity contribution in [1.82, 2.24) is 4.98 Å². The molecule has 0 saturated carbocycles. The summed E-state index contributed by atoms with van der Waals surface area (Å²) in [6.45, 7) is 0.130. The van der Waals surface area contributed by atoms with E-state index in [0.29, 0.717) is 5.69 Å². The third-order valence-electron chi connectivity index (χ3n) is 2.30. The van der Waals surface area contributed by atoms with E-state index in [1.54, 1.807) is 18.2 Å². The maximum absolute atomic E-state index is 11.6. The maximum Gasteiger partial charge on any atom is 0.357 e. The molecule has 0 amide bonds. The van der Waals surface area contributed by atoms with Crippen LogP contribution in [0.3, 0.4) is 0 Å². The minimum absolute atomic E-state index is 0.130. The van der Waals surface area contributed by atoms with Gasteiger partial charge in [-0.2, -0.15) is 0 Å². The molecule has 0 aliphatic heterocycles. The van der Waals surface area contributed by atoms with Crippen molar-refractivity contribution < 1.29 is 14.6 Å². The Morgan fingerprint density at radius 3 is 2.56 bits per heavy atom. The summed E-state index contributed by atoms with van der Waals surface area (Å²) < 4.78 is 5.07. The highest BCUT2D eigenvalue weighted by molar-refractivity contribution is 5.87. The molecule has 0 bridgehead atoms. The number of nitrogens with two attached hydrogens (primary N) is 1. The molecule has 2 aromatic rings. The molecule has 0 spiro atoms. The van der Waals surface area contributed by atoms with E-state index in [9.17, 15) is 4.79 Å². The van der Waals surface area contributed by atoms with Gasteiger partial charge < -0.3 is 15.6 Å². The molecule has 18 heavy (non-hydrogen) atoms. The largest absolute Gasteiger partial charge is 0.508 e. The summed E-state index contributed by atoms with van der Waals surface area (Å²) >= 11 is 0. The van der Waals surface area contributed by atoms with E-state index in [1.807, 2.05) is 0 Å². The lowest BCUT2D eigenvalue weighted by Crippen LogP contribution is -2.07. The number of hydrogen-bond donors (Lipinski definition) is 2. The van der Waals surface area contributed by atoms with Gasteiger partial charge in [0.05, 0.1) is 11.9 Å². The van der Waals surface area contributed by atoms with Crippen molar-refractivity contribution in [3.8, 4) is 5.75 Å². The van der Waals surface area contributed by atoms with Gasteiger partial charge in [0.2, 0.25) is 0 Å². The SMILES string of the molecule is Nc1ccc(C(=O)OCc2ccc(O)cc2)nc1. The number of nitrogen functional groups attached to an aromatic ring is 1. The average molecular weight is 244 g/mol. The number of phenolic OH excluding ortho intramolecular Hbond substituents is 1. The molecule has 1 aromatic carbocycles. The molecule has 5 nitrogen and oxygen atoms in total. The van der Waals surface area contributed by atoms with Gasteiger partial charge in [-0.3, -0.25) is 0 Å². The van der Waals surface area contributed by atoms with Crippen LogP contribution in [-0.2, 0) is 11.3 Å². The molecule has 0 atom stereocenters. The molecule has 2 rings (SSSR count). The van der Waals surface area contributed by atoms with Crippen LogP contribution in [0.25, 0.3) is 0 Å². The van der Waals surface area contributed by atoms with Gasteiger partial charge >= 0.3 is 5.97 Å². The fourth-order valence-corrected chi connectivity index (χ4v) is 1.34. The third kappa shape index (κ3) is 2.98. The van der Waals surface area contributed by atoms with E-state index < -0.39 is 5.97 Å². The average Bonchev–Trinajstić information content (AvgIpc) is 2.38. The molecule has 0 fully saturated rings. The van der Waals surface area contributed by atoms with E-state index in [4.69, 9.17) is 15.6 Å². The predicted molar refractivity (Wildman–Crippen MR) is 65.9 cm³/mol. The monoisotopic (exact) mass is 244 g/mol. The van der Waals surface area contributed by atoms with E-state index >= 15 is 0 Å². The zero-order chi connectivity index (χ0) is 13.0. The van der Waals surface area contributed by atoms with Crippen molar-refractivity contribution in [2.24, 2.45) is 0 Å². The molecular formula is C13H12N2O3. The molecule has 1 heterocycles.